The van der Waals surface area contributed by atoms with E-state index in [4.69, 9.17) is 0 Å². The van der Waals surface area contributed by atoms with Gasteiger partial charge in [-0.05, 0) is 41.5 Å². The van der Waals surface area contributed by atoms with Crippen molar-refractivity contribution in [2.75, 3.05) is 0 Å². The molecule has 0 radical (unpaired) electrons. The molecule has 4 heteroatoms. The molecule has 1 saturated heterocycles. The van der Waals surface area contributed by atoms with Crippen molar-refractivity contribution in [3.05, 3.63) is 70.6 Å². The molecule has 1 amide bonds. The van der Waals surface area contributed by atoms with Crippen LogP contribution in [0.1, 0.15) is 18.1 Å². The van der Waals surface area contributed by atoms with Crippen molar-refractivity contribution in [3.63, 3.8) is 0 Å². The smallest absolute Gasteiger partial charge is 0.264 e. The quantitative estimate of drug-likeness (QED) is 0.866. The Morgan fingerprint density at radius 1 is 1.09 bits per heavy atom. The normalized spacial score (nSPS) is 18.0. The van der Waals surface area contributed by atoms with E-state index in [0.29, 0.717) is 10.1 Å². The van der Waals surface area contributed by atoms with Crippen molar-refractivity contribution in [1.82, 2.24) is 5.32 Å². The molecule has 0 bridgehead atoms. The Labute approximate surface area is 134 Å². The predicted molar refractivity (Wildman–Crippen MR) is 93.1 cm³/mol. The minimum Gasteiger partial charge on any atom is -0.300 e. The summed E-state index contributed by atoms with van der Waals surface area (Å²) in [6.07, 6.45) is 2.80. The first-order valence-electron chi connectivity index (χ1n) is 7.19. The van der Waals surface area contributed by atoms with Crippen LogP contribution in [0.4, 0.5) is 5.69 Å². The lowest BCUT2D eigenvalue weighted by Gasteiger charge is -2.02. The molecule has 1 N–H and O–H groups in total. The van der Waals surface area contributed by atoms with Crippen molar-refractivity contribution in [1.29, 1.82) is 0 Å². The van der Waals surface area contributed by atoms with Crippen molar-refractivity contribution < 1.29 is 4.79 Å². The molecular weight excluding hydrogens is 292 g/mol. The summed E-state index contributed by atoms with van der Waals surface area (Å²) in [4.78, 5) is 17.3. The van der Waals surface area contributed by atoms with Gasteiger partial charge >= 0.3 is 0 Å². The summed E-state index contributed by atoms with van der Waals surface area (Å²) >= 11 is 1.38. The first kappa shape index (κ1) is 14.6. The monoisotopic (exact) mass is 308 g/mol. The number of benzene rings is 2. The fourth-order valence-electron chi connectivity index (χ4n) is 2.21. The van der Waals surface area contributed by atoms with Crippen LogP contribution in [-0.4, -0.2) is 11.1 Å². The molecule has 0 spiro atoms. The SMILES string of the molecule is CCc1ccccc1N=C1NC(=O)/C(=C/c2ccccc2)S1. The highest BCUT2D eigenvalue weighted by atomic mass is 32.2. The third kappa shape index (κ3) is 3.28. The molecule has 0 aromatic heterocycles. The number of rotatable bonds is 3. The average Bonchev–Trinajstić information content (AvgIpc) is 2.88. The van der Waals surface area contributed by atoms with Gasteiger partial charge in [0.05, 0.1) is 10.6 Å². The van der Waals surface area contributed by atoms with E-state index in [0.717, 1.165) is 17.7 Å². The summed E-state index contributed by atoms with van der Waals surface area (Å²) in [5.41, 5.74) is 3.09. The van der Waals surface area contributed by atoms with E-state index in [2.05, 4.69) is 23.3 Å². The third-order valence-corrected chi connectivity index (χ3v) is 4.25. The minimum atomic E-state index is -0.0958. The lowest BCUT2D eigenvalue weighted by Crippen LogP contribution is -2.19. The molecule has 0 unspecified atom stereocenters. The van der Waals surface area contributed by atoms with Crippen LogP contribution in [0.15, 0.2) is 64.5 Å². The largest absolute Gasteiger partial charge is 0.300 e. The molecule has 3 nitrogen and oxygen atoms in total. The van der Waals surface area contributed by atoms with E-state index < -0.39 is 0 Å². The number of carbonyl (C=O) groups is 1. The van der Waals surface area contributed by atoms with Crippen LogP contribution in [0.25, 0.3) is 6.08 Å². The number of nitrogens with zero attached hydrogens (tertiary/aromatic N) is 1. The maximum atomic E-state index is 12.1. The van der Waals surface area contributed by atoms with Gasteiger partial charge in [-0.25, -0.2) is 4.99 Å². The molecule has 1 fully saturated rings. The van der Waals surface area contributed by atoms with Crippen LogP contribution in [-0.2, 0) is 11.2 Å². The maximum Gasteiger partial charge on any atom is 0.264 e. The van der Waals surface area contributed by atoms with E-state index in [9.17, 15) is 4.79 Å². The fraction of sp³-hybridized carbons (Fsp3) is 0.111. The van der Waals surface area contributed by atoms with E-state index >= 15 is 0 Å². The maximum absolute atomic E-state index is 12.1. The Hall–Kier alpha value is -2.33. The Morgan fingerprint density at radius 2 is 1.82 bits per heavy atom. The van der Waals surface area contributed by atoms with Gasteiger partial charge in [0, 0.05) is 0 Å². The summed E-state index contributed by atoms with van der Waals surface area (Å²) < 4.78 is 0. The van der Waals surface area contributed by atoms with E-state index in [1.54, 1.807) is 0 Å². The number of carbonyl (C=O) groups excluding carboxylic acids is 1. The Kier molecular flexibility index (Phi) is 4.39. The number of para-hydroxylation sites is 1. The second-order valence-electron chi connectivity index (χ2n) is 4.87. The molecular formula is C18H16N2OS. The van der Waals surface area contributed by atoms with E-state index in [1.807, 2.05) is 54.6 Å². The fourth-order valence-corrected chi connectivity index (χ4v) is 3.04. The van der Waals surface area contributed by atoms with Crippen molar-refractivity contribution in [2.24, 2.45) is 4.99 Å². The van der Waals surface area contributed by atoms with Crippen LogP contribution in [0.2, 0.25) is 0 Å². The molecule has 110 valence electrons. The number of hydrogen-bond acceptors (Lipinski definition) is 3. The van der Waals surface area contributed by atoms with Gasteiger partial charge in [-0.1, -0.05) is 55.5 Å². The average molecular weight is 308 g/mol. The summed E-state index contributed by atoms with van der Waals surface area (Å²) in [7, 11) is 0. The highest BCUT2D eigenvalue weighted by Crippen LogP contribution is 2.29. The second kappa shape index (κ2) is 6.62. The zero-order chi connectivity index (χ0) is 15.4. The zero-order valence-corrected chi connectivity index (χ0v) is 13.1. The standard InChI is InChI=1S/C18H16N2OS/c1-2-14-10-6-7-11-15(14)19-18-20-17(21)16(22-18)12-13-8-4-3-5-9-13/h3-12H,2H2,1H3,(H,19,20,21)/b16-12-. The summed E-state index contributed by atoms with van der Waals surface area (Å²) in [5, 5.41) is 3.46. The number of nitrogens with one attached hydrogen (secondary N) is 1. The van der Waals surface area contributed by atoms with Crippen LogP contribution < -0.4 is 5.32 Å². The van der Waals surface area contributed by atoms with E-state index in [1.165, 1.54) is 17.3 Å². The number of amides is 1. The van der Waals surface area contributed by atoms with E-state index in [-0.39, 0.29) is 5.91 Å². The molecule has 0 saturated carbocycles. The molecule has 2 aromatic carbocycles. The molecule has 1 heterocycles. The van der Waals surface area contributed by atoms with Crippen molar-refractivity contribution in [3.8, 4) is 0 Å². The summed E-state index contributed by atoms with van der Waals surface area (Å²) in [6.45, 7) is 2.10. The molecule has 0 aliphatic carbocycles. The topological polar surface area (TPSA) is 41.5 Å². The molecule has 1 aliphatic heterocycles. The van der Waals surface area contributed by atoms with Crippen LogP contribution in [0, 0.1) is 0 Å². The van der Waals surface area contributed by atoms with Crippen LogP contribution >= 0.6 is 11.8 Å². The number of amidine groups is 1. The Balaban J connectivity index is 1.85. The zero-order valence-electron chi connectivity index (χ0n) is 12.2. The van der Waals surface area contributed by atoms with Gasteiger partial charge in [0.15, 0.2) is 5.17 Å². The van der Waals surface area contributed by atoms with Crippen LogP contribution in [0.5, 0.6) is 0 Å². The minimum absolute atomic E-state index is 0.0958. The summed E-state index contributed by atoms with van der Waals surface area (Å²) in [6, 6.07) is 17.8. The number of aliphatic imine (C=N–C) groups is 1. The molecule has 3 rings (SSSR count). The third-order valence-electron chi connectivity index (χ3n) is 3.34. The van der Waals surface area contributed by atoms with Gasteiger partial charge in [0.2, 0.25) is 0 Å². The molecule has 0 atom stereocenters. The molecule has 2 aromatic rings. The number of hydrogen-bond donors (Lipinski definition) is 1. The van der Waals surface area contributed by atoms with Crippen molar-refractivity contribution in [2.45, 2.75) is 13.3 Å². The highest BCUT2D eigenvalue weighted by Gasteiger charge is 2.23. The number of aryl methyl sites for hydroxylation is 1. The van der Waals surface area contributed by atoms with Gasteiger partial charge in [0.25, 0.3) is 5.91 Å². The lowest BCUT2D eigenvalue weighted by atomic mass is 10.1. The lowest BCUT2D eigenvalue weighted by molar-refractivity contribution is -0.115. The summed E-state index contributed by atoms with van der Waals surface area (Å²) in [5.74, 6) is -0.0958. The van der Waals surface area contributed by atoms with Crippen molar-refractivity contribution >= 4 is 34.6 Å². The molecule has 22 heavy (non-hydrogen) atoms. The van der Waals surface area contributed by atoms with Crippen LogP contribution in [0.3, 0.4) is 0 Å². The Bertz CT molecular complexity index is 751. The van der Waals surface area contributed by atoms with Gasteiger partial charge in [-0.3, -0.25) is 4.79 Å². The Morgan fingerprint density at radius 3 is 2.59 bits per heavy atom. The predicted octanol–water partition coefficient (Wildman–Crippen LogP) is 4.14. The first-order chi connectivity index (χ1) is 10.8. The molecule has 1 aliphatic rings. The van der Waals surface area contributed by atoms with Gasteiger partial charge in [-0.2, -0.15) is 0 Å². The van der Waals surface area contributed by atoms with Gasteiger partial charge < -0.3 is 5.32 Å². The van der Waals surface area contributed by atoms with Gasteiger partial charge in [0.1, 0.15) is 0 Å². The first-order valence-corrected chi connectivity index (χ1v) is 8.00. The highest BCUT2D eigenvalue weighted by molar-refractivity contribution is 8.18. The van der Waals surface area contributed by atoms with Gasteiger partial charge in [-0.15, -0.1) is 0 Å². The number of thioether (sulfide) groups is 1. The second-order valence-corrected chi connectivity index (χ2v) is 5.91.